The van der Waals surface area contributed by atoms with E-state index >= 15 is 0 Å². The minimum atomic E-state index is -3.46. The van der Waals surface area contributed by atoms with Crippen molar-refractivity contribution in [3.63, 3.8) is 0 Å². The molecule has 0 unspecified atom stereocenters. The molecular formula is C12H20N2O3S. The standard InChI is InChI=1S/C12H20N2O3S/c1-12(4-3-5-12)9-13-18(16,17)11-6-10(8-15)14(2)7-11/h6-7,13,15H,3-5,8-9H2,1-2H3. The van der Waals surface area contributed by atoms with E-state index in [1.807, 2.05) is 0 Å². The molecule has 5 nitrogen and oxygen atoms in total. The van der Waals surface area contributed by atoms with E-state index in [0.29, 0.717) is 12.2 Å². The van der Waals surface area contributed by atoms with Gasteiger partial charge in [0.25, 0.3) is 0 Å². The second-order valence-electron chi connectivity index (χ2n) is 5.42. The average molecular weight is 272 g/mol. The van der Waals surface area contributed by atoms with E-state index < -0.39 is 10.0 Å². The molecular weight excluding hydrogens is 252 g/mol. The zero-order valence-electron chi connectivity index (χ0n) is 10.8. The van der Waals surface area contributed by atoms with Crippen LogP contribution in [0.3, 0.4) is 0 Å². The summed E-state index contributed by atoms with van der Waals surface area (Å²) >= 11 is 0. The largest absolute Gasteiger partial charge is 0.390 e. The number of aryl methyl sites for hydroxylation is 1. The van der Waals surface area contributed by atoms with Crippen LogP contribution >= 0.6 is 0 Å². The number of aliphatic hydroxyl groups excluding tert-OH is 1. The number of aromatic nitrogens is 1. The third-order valence-electron chi connectivity index (χ3n) is 3.80. The monoisotopic (exact) mass is 272 g/mol. The molecule has 1 aliphatic rings. The van der Waals surface area contributed by atoms with E-state index in [1.54, 1.807) is 11.6 Å². The number of aliphatic hydroxyl groups is 1. The molecule has 1 fully saturated rings. The Bertz CT molecular complexity index is 530. The van der Waals surface area contributed by atoms with Crippen LogP contribution in [0.15, 0.2) is 17.2 Å². The second-order valence-corrected chi connectivity index (χ2v) is 7.19. The van der Waals surface area contributed by atoms with Gasteiger partial charge in [0.05, 0.1) is 11.5 Å². The SMILES string of the molecule is Cn1cc(S(=O)(=O)NCC2(C)CCC2)cc1CO. The smallest absolute Gasteiger partial charge is 0.242 e. The van der Waals surface area contributed by atoms with Gasteiger partial charge in [0.1, 0.15) is 0 Å². The molecule has 0 saturated heterocycles. The quantitative estimate of drug-likeness (QED) is 0.839. The summed E-state index contributed by atoms with van der Waals surface area (Å²) < 4.78 is 28.5. The first-order valence-corrected chi connectivity index (χ1v) is 7.60. The van der Waals surface area contributed by atoms with Crippen molar-refractivity contribution in [2.45, 2.75) is 37.7 Å². The van der Waals surface area contributed by atoms with Crippen LogP contribution in [0.5, 0.6) is 0 Å². The van der Waals surface area contributed by atoms with Crippen molar-refractivity contribution in [1.29, 1.82) is 0 Å². The Hall–Kier alpha value is -0.850. The molecule has 0 amide bonds. The highest BCUT2D eigenvalue weighted by Crippen LogP contribution is 2.39. The molecule has 0 aliphatic heterocycles. The van der Waals surface area contributed by atoms with Crippen molar-refractivity contribution in [2.24, 2.45) is 12.5 Å². The highest BCUT2D eigenvalue weighted by Gasteiger charge is 2.33. The molecule has 0 radical (unpaired) electrons. The van der Waals surface area contributed by atoms with E-state index in [2.05, 4.69) is 11.6 Å². The molecule has 18 heavy (non-hydrogen) atoms. The highest BCUT2D eigenvalue weighted by atomic mass is 32.2. The van der Waals surface area contributed by atoms with Crippen LogP contribution in [0.2, 0.25) is 0 Å². The van der Waals surface area contributed by atoms with Crippen molar-refractivity contribution < 1.29 is 13.5 Å². The maximum atomic E-state index is 12.1. The fraction of sp³-hybridized carbons (Fsp3) is 0.667. The Kier molecular flexibility index (Phi) is 3.53. The van der Waals surface area contributed by atoms with E-state index in [-0.39, 0.29) is 16.9 Å². The van der Waals surface area contributed by atoms with Gasteiger partial charge in [-0.25, -0.2) is 13.1 Å². The number of hydrogen-bond donors (Lipinski definition) is 2. The highest BCUT2D eigenvalue weighted by molar-refractivity contribution is 7.89. The minimum Gasteiger partial charge on any atom is -0.390 e. The summed E-state index contributed by atoms with van der Waals surface area (Å²) in [6, 6.07) is 1.51. The third-order valence-corrected chi connectivity index (χ3v) is 5.17. The van der Waals surface area contributed by atoms with E-state index in [1.165, 1.54) is 18.7 Å². The van der Waals surface area contributed by atoms with Crippen LogP contribution in [0, 0.1) is 5.41 Å². The van der Waals surface area contributed by atoms with Crippen LogP contribution in [-0.2, 0) is 23.7 Å². The van der Waals surface area contributed by atoms with Gasteiger partial charge in [0, 0.05) is 25.5 Å². The Morgan fingerprint density at radius 2 is 2.17 bits per heavy atom. The van der Waals surface area contributed by atoms with Crippen LogP contribution in [0.25, 0.3) is 0 Å². The first-order chi connectivity index (χ1) is 8.36. The van der Waals surface area contributed by atoms with Gasteiger partial charge in [-0.15, -0.1) is 0 Å². The summed E-state index contributed by atoms with van der Waals surface area (Å²) in [6.45, 7) is 2.42. The predicted molar refractivity (Wildman–Crippen MR) is 68.5 cm³/mol. The lowest BCUT2D eigenvalue weighted by atomic mass is 9.71. The lowest BCUT2D eigenvalue weighted by Gasteiger charge is -2.38. The maximum Gasteiger partial charge on any atom is 0.242 e. The molecule has 0 atom stereocenters. The van der Waals surface area contributed by atoms with Crippen LogP contribution in [-0.4, -0.2) is 24.6 Å². The van der Waals surface area contributed by atoms with E-state index in [4.69, 9.17) is 5.11 Å². The molecule has 1 aromatic heterocycles. The van der Waals surface area contributed by atoms with Gasteiger partial charge >= 0.3 is 0 Å². The maximum absolute atomic E-state index is 12.1. The molecule has 2 N–H and O–H groups in total. The fourth-order valence-electron chi connectivity index (χ4n) is 2.19. The summed E-state index contributed by atoms with van der Waals surface area (Å²) in [5.74, 6) is 0. The first kappa shape index (κ1) is 13.6. The lowest BCUT2D eigenvalue weighted by Crippen LogP contribution is -2.39. The van der Waals surface area contributed by atoms with Gasteiger partial charge in [0.15, 0.2) is 0 Å². The van der Waals surface area contributed by atoms with Gasteiger partial charge in [0.2, 0.25) is 10.0 Å². The average Bonchev–Trinajstić information content (AvgIpc) is 2.66. The first-order valence-electron chi connectivity index (χ1n) is 6.12. The zero-order chi connectivity index (χ0) is 13.4. The Morgan fingerprint density at radius 3 is 2.61 bits per heavy atom. The van der Waals surface area contributed by atoms with Crippen molar-refractivity contribution in [1.82, 2.24) is 9.29 Å². The van der Waals surface area contributed by atoms with Crippen molar-refractivity contribution >= 4 is 10.0 Å². The van der Waals surface area contributed by atoms with Gasteiger partial charge < -0.3 is 9.67 Å². The molecule has 0 spiro atoms. The molecule has 1 aliphatic carbocycles. The number of sulfonamides is 1. The summed E-state index contributed by atoms with van der Waals surface area (Å²) in [5, 5.41) is 9.07. The van der Waals surface area contributed by atoms with Gasteiger partial charge in [-0.1, -0.05) is 13.3 Å². The number of nitrogens with one attached hydrogen (secondary N) is 1. The summed E-state index contributed by atoms with van der Waals surface area (Å²) in [6.07, 6.45) is 4.85. The molecule has 1 saturated carbocycles. The molecule has 0 bridgehead atoms. The molecule has 2 rings (SSSR count). The second kappa shape index (κ2) is 4.68. The molecule has 1 heterocycles. The van der Waals surface area contributed by atoms with Crippen molar-refractivity contribution in [3.8, 4) is 0 Å². The summed E-state index contributed by atoms with van der Waals surface area (Å²) in [5.41, 5.74) is 0.701. The molecule has 0 aromatic carbocycles. The van der Waals surface area contributed by atoms with E-state index in [9.17, 15) is 8.42 Å². The number of hydrogen-bond acceptors (Lipinski definition) is 3. The molecule has 1 aromatic rings. The van der Waals surface area contributed by atoms with E-state index in [0.717, 1.165) is 12.8 Å². The topological polar surface area (TPSA) is 71.3 Å². The molecule has 102 valence electrons. The Labute approximate surface area is 108 Å². The normalized spacial score (nSPS) is 18.6. The van der Waals surface area contributed by atoms with Crippen LogP contribution in [0.4, 0.5) is 0 Å². The number of rotatable bonds is 5. The van der Waals surface area contributed by atoms with Crippen molar-refractivity contribution in [2.75, 3.05) is 6.54 Å². The summed E-state index contributed by atoms with van der Waals surface area (Å²) in [7, 11) is -1.74. The summed E-state index contributed by atoms with van der Waals surface area (Å²) in [4.78, 5) is 0.219. The fourth-order valence-corrected chi connectivity index (χ4v) is 3.48. The van der Waals surface area contributed by atoms with Gasteiger partial charge in [-0.05, 0) is 24.3 Å². The Morgan fingerprint density at radius 1 is 1.50 bits per heavy atom. The number of nitrogens with zero attached hydrogens (tertiary/aromatic N) is 1. The van der Waals surface area contributed by atoms with Gasteiger partial charge in [-0.3, -0.25) is 0 Å². The third kappa shape index (κ3) is 2.60. The van der Waals surface area contributed by atoms with Crippen LogP contribution in [0.1, 0.15) is 31.9 Å². The predicted octanol–water partition coefficient (Wildman–Crippen LogP) is 0.986. The Balaban J connectivity index is 2.09. The van der Waals surface area contributed by atoms with Crippen LogP contribution < -0.4 is 4.72 Å². The van der Waals surface area contributed by atoms with Crippen molar-refractivity contribution in [3.05, 3.63) is 18.0 Å². The minimum absolute atomic E-state index is 0.113. The zero-order valence-corrected chi connectivity index (χ0v) is 11.6. The lowest BCUT2D eigenvalue weighted by molar-refractivity contribution is 0.166. The molecule has 6 heteroatoms. The van der Waals surface area contributed by atoms with Gasteiger partial charge in [-0.2, -0.15) is 0 Å².